The number of rotatable bonds is 6. The molecule has 0 unspecified atom stereocenters. The van der Waals surface area contributed by atoms with E-state index in [1.165, 1.54) is 20.4 Å². The van der Waals surface area contributed by atoms with Crippen molar-refractivity contribution in [3.05, 3.63) is 59.3 Å². The summed E-state index contributed by atoms with van der Waals surface area (Å²) < 4.78 is 66.7. The smallest absolute Gasteiger partial charge is 0.406 e. The molecule has 0 radical (unpaired) electrons. The number of carbonyl (C=O) groups is 1. The molecule has 1 aliphatic heterocycles. The van der Waals surface area contributed by atoms with Crippen molar-refractivity contribution in [2.75, 3.05) is 25.7 Å². The van der Waals surface area contributed by atoms with Gasteiger partial charge >= 0.3 is 12.2 Å². The third kappa shape index (κ3) is 3.92. The van der Waals surface area contributed by atoms with Crippen LogP contribution in [-0.2, 0) is 10.2 Å². The second kappa shape index (κ2) is 8.85. The topological polar surface area (TPSA) is 94.7 Å². The van der Waals surface area contributed by atoms with Crippen molar-refractivity contribution in [1.29, 1.82) is 0 Å². The Bertz CT molecular complexity index is 1720. The van der Waals surface area contributed by atoms with Gasteiger partial charge in [0.2, 0.25) is 17.7 Å². The van der Waals surface area contributed by atoms with Gasteiger partial charge in [0, 0.05) is 17.4 Å². The molecule has 4 aromatic rings. The molecule has 41 heavy (non-hydrogen) atoms. The number of imidazole rings is 1. The molecule has 7 rings (SSSR count). The highest BCUT2D eigenvalue weighted by atomic mass is 19.4. The Morgan fingerprint density at radius 2 is 1.88 bits per heavy atom. The van der Waals surface area contributed by atoms with Crippen LogP contribution in [0.5, 0.6) is 11.9 Å². The van der Waals surface area contributed by atoms with Gasteiger partial charge in [-0.25, -0.2) is 9.97 Å². The Balaban J connectivity index is 1.27. The van der Waals surface area contributed by atoms with Crippen molar-refractivity contribution in [2.45, 2.75) is 49.1 Å². The molecule has 0 bridgehead atoms. The van der Waals surface area contributed by atoms with E-state index in [2.05, 4.69) is 20.1 Å². The SMILES string of the molecule is COc1ncc(-c2cc([C@H]3C[C@@H]3c3ccc4c(c3)N(CC(F)(F)F)C(=O)C43CCC3)c3ncc(F)n3n2)c(OC)n1. The highest BCUT2D eigenvalue weighted by molar-refractivity contribution is 6.09. The lowest BCUT2D eigenvalue weighted by molar-refractivity contribution is -0.136. The highest BCUT2D eigenvalue weighted by Gasteiger charge is 2.56. The van der Waals surface area contributed by atoms with E-state index in [1.54, 1.807) is 12.1 Å². The van der Waals surface area contributed by atoms with E-state index < -0.39 is 30.0 Å². The van der Waals surface area contributed by atoms with Crippen LogP contribution in [0, 0.1) is 5.95 Å². The summed E-state index contributed by atoms with van der Waals surface area (Å²) in [5.74, 6) is -1.09. The summed E-state index contributed by atoms with van der Waals surface area (Å²) >= 11 is 0. The summed E-state index contributed by atoms with van der Waals surface area (Å²) in [6.45, 7) is -1.31. The standard InChI is InChI=1S/C28H24F4N6O3/c1-40-24-18(11-34-26(35-24)41-2)20-10-17(23-33-12-22(29)38(23)36-20)16-9-15(16)14-4-5-19-21(8-14)37(13-28(30,31)32)25(39)27(19)6-3-7-27/h4-5,8,10-12,15-16H,3,6-7,9,13H2,1-2H3/t15-,16+/m1/s1. The summed E-state index contributed by atoms with van der Waals surface area (Å²) in [4.78, 5) is 26.7. The Morgan fingerprint density at radius 1 is 1.07 bits per heavy atom. The van der Waals surface area contributed by atoms with Crippen molar-refractivity contribution in [3.63, 3.8) is 0 Å². The molecule has 4 heterocycles. The van der Waals surface area contributed by atoms with Gasteiger partial charge in [-0.15, -0.1) is 0 Å². The Hall–Kier alpha value is -4.29. The maximum absolute atomic E-state index is 14.7. The predicted molar refractivity (Wildman–Crippen MR) is 138 cm³/mol. The molecule has 2 aliphatic carbocycles. The van der Waals surface area contributed by atoms with Gasteiger partial charge in [-0.05, 0) is 54.4 Å². The van der Waals surface area contributed by atoms with Crippen molar-refractivity contribution in [2.24, 2.45) is 0 Å². The molecular formula is C28H24F4N6O3. The van der Waals surface area contributed by atoms with Crippen molar-refractivity contribution in [3.8, 4) is 23.1 Å². The minimum atomic E-state index is -4.52. The molecule has 2 atom stereocenters. The van der Waals surface area contributed by atoms with Gasteiger partial charge in [0.15, 0.2) is 5.65 Å². The quantitative estimate of drug-likeness (QED) is 0.304. The number of benzene rings is 1. The minimum Gasteiger partial charge on any atom is -0.480 e. The first kappa shape index (κ1) is 25.7. The lowest BCUT2D eigenvalue weighted by Crippen LogP contribution is -2.47. The van der Waals surface area contributed by atoms with Crippen LogP contribution in [0.3, 0.4) is 0 Å². The molecule has 9 nitrogen and oxygen atoms in total. The number of fused-ring (bicyclic) bond motifs is 3. The van der Waals surface area contributed by atoms with Gasteiger partial charge in [-0.1, -0.05) is 18.6 Å². The summed E-state index contributed by atoms with van der Waals surface area (Å²) in [7, 11) is 2.86. The van der Waals surface area contributed by atoms with Gasteiger partial charge < -0.3 is 14.4 Å². The van der Waals surface area contributed by atoms with Crippen LogP contribution < -0.4 is 14.4 Å². The average Bonchev–Trinajstić information content (AvgIpc) is 3.59. The molecule has 212 valence electrons. The number of methoxy groups -OCH3 is 2. The first-order valence-corrected chi connectivity index (χ1v) is 13.2. The molecule has 13 heteroatoms. The number of nitrogens with zero attached hydrogens (tertiary/aromatic N) is 6. The van der Waals surface area contributed by atoms with Crippen LogP contribution in [0.2, 0.25) is 0 Å². The number of carbonyl (C=O) groups excluding carboxylic acids is 1. The van der Waals surface area contributed by atoms with Crippen LogP contribution >= 0.6 is 0 Å². The molecule has 1 aromatic carbocycles. The van der Waals surface area contributed by atoms with Crippen LogP contribution in [0.4, 0.5) is 23.2 Å². The van der Waals surface area contributed by atoms with E-state index in [0.717, 1.165) is 33.2 Å². The van der Waals surface area contributed by atoms with Gasteiger partial charge in [0.1, 0.15) is 6.54 Å². The first-order valence-electron chi connectivity index (χ1n) is 13.2. The van der Waals surface area contributed by atoms with Gasteiger partial charge in [-0.3, -0.25) is 4.79 Å². The van der Waals surface area contributed by atoms with E-state index in [1.807, 2.05) is 12.1 Å². The van der Waals surface area contributed by atoms with Crippen LogP contribution in [0.1, 0.15) is 54.2 Å². The lowest BCUT2D eigenvalue weighted by atomic mass is 9.65. The fourth-order valence-corrected chi connectivity index (χ4v) is 6.30. The van der Waals surface area contributed by atoms with E-state index >= 15 is 0 Å². The van der Waals surface area contributed by atoms with E-state index in [-0.39, 0.29) is 23.7 Å². The number of anilines is 1. The Labute approximate surface area is 231 Å². The molecule has 1 amide bonds. The zero-order valence-corrected chi connectivity index (χ0v) is 22.1. The largest absolute Gasteiger partial charge is 0.480 e. The minimum absolute atomic E-state index is 0.0612. The fraction of sp³-hybridized carbons (Fsp3) is 0.393. The molecule has 2 saturated carbocycles. The van der Waals surface area contributed by atoms with Crippen LogP contribution in [0.15, 0.2) is 36.7 Å². The van der Waals surface area contributed by atoms with E-state index in [4.69, 9.17) is 9.47 Å². The number of halogens is 4. The highest BCUT2D eigenvalue weighted by Crippen LogP contribution is 2.59. The second-order valence-corrected chi connectivity index (χ2v) is 10.7. The fourth-order valence-electron chi connectivity index (χ4n) is 6.30. The van der Waals surface area contributed by atoms with Gasteiger partial charge in [0.25, 0.3) is 0 Å². The number of alkyl halides is 3. The van der Waals surface area contributed by atoms with Crippen molar-refractivity contribution < 1.29 is 31.8 Å². The molecule has 3 aromatic heterocycles. The molecule has 0 saturated heterocycles. The molecule has 3 aliphatic rings. The summed E-state index contributed by atoms with van der Waals surface area (Å²) in [6.07, 6.45) is 0.633. The average molecular weight is 569 g/mol. The van der Waals surface area contributed by atoms with Crippen molar-refractivity contribution >= 4 is 17.2 Å². The maximum atomic E-state index is 14.7. The van der Waals surface area contributed by atoms with Crippen molar-refractivity contribution in [1.82, 2.24) is 24.6 Å². The molecule has 0 N–H and O–H groups in total. The monoisotopic (exact) mass is 568 g/mol. The zero-order chi connectivity index (χ0) is 28.7. The normalized spacial score (nSPS) is 20.8. The predicted octanol–water partition coefficient (Wildman–Crippen LogP) is 4.94. The van der Waals surface area contributed by atoms with Crippen LogP contribution in [-0.4, -0.2) is 57.4 Å². The van der Waals surface area contributed by atoms with Gasteiger partial charge in [0.05, 0.1) is 37.1 Å². The summed E-state index contributed by atoms with van der Waals surface area (Å²) in [6, 6.07) is 7.33. The van der Waals surface area contributed by atoms with Crippen LogP contribution in [0.25, 0.3) is 16.9 Å². The van der Waals surface area contributed by atoms with E-state index in [0.29, 0.717) is 47.4 Å². The zero-order valence-electron chi connectivity index (χ0n) is 22.1. The number of aromatic nitrogens is 5. The second-order valence-electron chi connectivity index (χ2n) is 10.7. The summed E-state index contributed by atoms with van der Waals surface area (Å²) in [5.41, 5.74) is 2.83. The number of ether oxygens (including phenoxy) is 2. The maximum Gasteiger partial charge on any atom is 0.406 e. The number of hydrogen-bond acceptors (Lipinski definition) is 7. The molecular weight excluding hydrogens is 544 g/mol. The lowest BCUT2D eigenvalue weighted by Gasteiger charge is -2.37. The third-order valence-corrected chi connectivity index (χ3v) is 8.48. The van der Waals surface area contributed by atoms with Gasteiger partial charge in [-0.2, -0.15) is 32.2 Å². The Morgan fingerprint density at radius 3 is 2.56 bits per heavy atom. The first-order chi connectivity index (χ1) is 19.6. The summed E-state index contributed by atoms with van der Waals surface area (Å²) in [5, 5.41) is 4.40. The molecule has 2 fully saturated rings. The number of hydrogen-bond donors (Lipinski definition) is 0. The molecule has 1 spiro atoms. The van der Waals surface area contributed by atoms with E-state index in [9.17, 15) is 22.4 Å². The Kier molecular flexibility index (Phi) is 5.54. The number of amides is 1. The third-order valence-electron chi connectivity index (χ3n) is 8.48.